The Morgan fingerprint density at radius 2 is 1.93 bits per heavy atom. The molecule has 0 aliphatic rings. The van der Waals surface area contributed by atoms with Crippen LogP contribution in [0.25, 0.3) is 0 Å². The first kappa shape index (κ1) is 12.9. The zero-order valence-corrected chi connectivity index (χ0v) is 8.88. The highest BCUT2D eigenvalue weighted by Crippen LogP contribution is 2.05. The summed E-state index contributed by atoms with van der Waals surface area (Å²) in [5.41, 5.74) is 0.794. The Labute approximate surface area is 84.8 Å². The predicted octanol–water partition coefficient (Wildman–Crippen LogP) is 2.56. The van der Waals surface area contributed by atoms with E-state index in [0.717, 1.165) is 18.4 Å². The normalized spacial score (nSPS) is 11.4. The molecule has 0 fully saturated rings. The van der Waals surface area contributed by atoms with E-state index < -0.39 is 5.97 Å². The van der Waals surface area contributed by atoms with Gasteiger partial charge in [0.05, 0.1) is 0 Å². The van der Waals surface area contributed by atoms with Crippen molar-refractivity contribution < 1.29 is 14.7 Å². The lowest BCUT2D eigenvalue weighted by Crippen LogP contribution is -1.96. The lowest BCUT2D eigenvalue weighted by molar-refractivity contribution is -0.137. The fraction of sp³-hybridized carbons (Fsp3) is 0.636. The molecule has 0 aliphatic heterocycles. The molecule has 14 heavy (non-hydrogen) atoms. The minimum Gasteiger partial charge on any atom is -0.481 e. The van der Waals surface area contributed by atoms with Crippen LogP contribution >= 0.6 is 0 Å². The number of allylic oxidation sites excluding steroid dienone is 2. The third-order valence-corrected chi connectivity index (χ3v) is 2.06. The molecule has 0 heterocycles. The molecule has 0 atom stereocenters. The number of rotatable bonds is 7. The van der Waals surface area contributed by atoms with Gasteiger partial charge in [-0.05, 0) is 31.8 Å². The summed E-state index contributed by atoms with van der Waals surface area (Å²) < 4.78 is 0. The van der Waals surface area contributed by atoms with Crippen LogP contribution in [0, 0.1) is 0 Å². The summed E-state index contributed by atoms with van der Waals surface area (Å²) in [7, 11) is 0. The molecule has 3 heteroatoms. The van der Waals surface area contributed by atoms with E-state index in [1.807, 2.05) is 19.9 Å². The molecule has 0 saturated carbocycles. The third kappa shape index (κ3) is 6.40. The van der Waals surface area contributed by atoms with E-state index in [1.165, 1.54) is 0 Å². The van der Waals surface area contributed by atoms with Crippen LogP contribution in [0.15, 0.2) is 11.6 Å². The van der Waals surface area contributed by atoms with Gasteiger partial charge < -0.3 is 5.11 Å². The molecule has 0 saturated heterocycles. The molecule has 0 aromatic heterocycles. The Bertz CT molecular complexity index is 229. The molecule has 3 nitrogen and oxygen atoms in total. The average molecular weight is 198 g/mol. The van der Waals surface area contributed by atoms with Crippen molar-refractivity contribution in [2.75, 3.05) is 0 Å². The highest BCUT2D eigenvalue weighted by Gasteiger charge is 2.00. The van der Waals surface area contributed by atoms with E-state index in [9.17, 15) is 9.59 Å². The summed E-state index contributed by atoms with van der Waals surface area (Å²) in [6.07, 6.45) is 4.96. The molecule has 0 spiro atoms. The minimum absolute atomic E-state index is 0.170. The van der Waals surface area contributed by atoms with Gasteiger partial charge >= 0.3 is 5.97 Å². The van der Waals surface area contributed by atoms with Crippen molar-refractivity contribution in [2.24, 2.45) is 0 Å². The fourth-order valence-electron chi connectivity index (χ4n) is 1.13. The molecule has 1 N–H and O–H groups in total. The number of aliphatic carboxylic acids is 1. The molecule has 0 rings (SSSR count). The summed E-state index contributed by atoms with van der Waals surface area (Å²) in [4.78, 5) is 21.3. The van der Waals surface area contributed by atoms with Crippen LogP contribution in [0.5, 0.6) is 0 Å². The summed E-state index contributed by atoms with van der Waals surface area (Å²) >= 11 is 0. The Hall–Kier alpha value is -1.12. The fourth-order valence-corrected chi connectivity index (χ4v) is 1.13. The van der Waals surface area contributed by atoms with Gasteiger partial charge in [0.15, 0.2) is 5.78 Å². The Morgan fingerprint density at radius 3 is 2.43 bits per heavy atom. The van der Waals surface area contributed by atoms with Crippen LogP contribution in [0.2, 0.25) is 0 Å². The molecular formula is C11H18O3. The average Bonchev–Trinajstić information content (AvgIpc) is 2.15. The quantitative estimate of drug-likeness (QED) is 0.505. The Kier molecular flexibility index (Phi) is 6.72. The monoisotopic (exact) mass is 198 g/mol. The number of carbonyl (C=O) groups excluding carboxylic acids is 1. The van der Waals surface area contributed by atoms with E-state index in [4.69, 9.17) is 5.11 Å². The van der Waals surface area contributed by atoms with Gasteiger partial charge in [-0.2, -0.15) is 0 Å². The number of Topliss-reactive ketones (excluding diaryl/α,β-unsaturated/α-hetero) is 1. The Balaban J connectivity index is 3.61. The van der Waals surface area contributed by atoms with Gasteiger partial charge in [-0.25, -0.2) is 0 Å². The number of ketones is 1. The second-order valence-corrected chi connectivity index (χ2v) is 3.30. The highest BCUT2D eigenvalue weighted by molar-refractivity contribution is 5.94. The summed E-state index contributed by atoms with van der Waals surface area (Å²) in [5, 5.41) is 8.38. The second-order valence-electron chi connectivity index (χ2n) is 3.30. The van der Waals surface area contributed by atoms with Crippen molar-refractivity contribution in [3.63, 3.8) is 0 Å². The number of hydrogen-bond donors (Lipinski definition) is 1. The van der Waals surface area contributed by atoms with Crippen LogP contribution in [0.4, 0.5) is 0 Å². The maximum Gasteiger partial charge on any atom is 0.303 e. The van der Waals surface area contributed by atoms with Gasteiger partial charge in [0.1, 0.15) is 0 Å². The lowest BCUT2D eigenvalue weighted by atomic mass is 10.1. The third-order valence-electron chi connectivity index (χ3n) is 2.06. The molecule has 0 aromatic carbocycles. The van der Waals surface area contributed by atoms with Crippen LogP contribution in [-0.2, 0) is 9.59 Å². The van der Waals surface area contributed by atoms with Crippen LogP contribution < -0.4 is 0 Å². The first-order valence-corrected chi connectivity index (χ1v) is 4.99. The van der Waals surface area contributed by atoms with Crippen molar-refractivity contribution >= 4 is 11.8 Å². The zero-order chi connectivity index (χ0) is 11.0. The van der Waals surface area contributed by atoms with E-state index in [0.29, 0.717) is 12.8 Å². The zero-order valence-electron chi connectivity index (χ0n) is 8.88. The predicted molar refractivity (Wildman–Crippen MR) is 55.2 cm³/mol. The number of hydrogen-bond acceptors (Lipinski definition) is 2. The first-order chi connectivity index (χ1) is 6.57. The van der Waals surface area contributed by atoms with Crippen LogP contribution in [0.1, 0.15) is 46.0 Å². The van der Waals surface area contributed by atoms with Gasteiger partial charge in [0.25, 0.3) is 0 Å². The molecule has 0 aliphatic carbocycles. The van der Waals surface area contributed by atoms with Gasteiger partial charge in [0.2, 0.25) is 0 Å². The Morgan fingerprint density at radius 1 is 1.29 bits per heavy atom. The minimum atomic E-state index is -0.754. The molecule has 0 amide bonds. The SMILES string of the molecule is CCC(=O)/C(C)=C/CCCCC(=O)O. The largest absolute Gasteiger partial charge is 0.481 e. The van der Waals surface area contributed by atoms with E-state index in [-0.39, 0.29) is 12.2 Å². The van der Waals surface area contributed by atoms with Crippen LogP contribution in [-0.4, -0.2) is 16.9 Å². The number of unbranched alkanes of at least 4 members (excludes halogenated alkanes) is 2. The van der Waals surface area contributed by atoms with Crippen molar-refractivity contribution in [1.29, 1.82) is 0 Å². The van der Waals surface area contributed by atoms with Crippen LogP contribution in [0.3, 0.4) is 0 Å². The van der Waals surface area contributed by atoms with Gasteiger partial charge in [-0.1, -0.05) is 13.0 Å². The highest BCUT2D eigenvalue weighted by atomic mass is 16.4. The van der Waals surface area contributed by atoms with Gasteiger partial charge in [-0.3, -0.25) is 9.59 Å². The number of carbonyl (C=O) groups is 2. The maximum absolute atomic E-state index is 11.1. The van der Waals surface area contributed by atoms with Gasteiger partial charge in [-0.15, -0.1) is 0 Å². The maximum atomic E-state index is 11.1. The molecular weight excluding hydrogens is 180 g/mol. The van der Waals surface area contributed by atoms with Crippen molar-refractivity contribution in [3.05, 3.63) is 11.6 Å². The van der Waals surface area contributed by atoms with Crippen molar-refractivity contribution in [3.8, 4) is 0 Å². The number of carboxylic acid groups (broad SMARTS) is 1. The van der Waals surface area contributed by atoms with E-state index in [1.54, 1.807) is 0 Å². The molecule has 0 unspecified atom stereocenters. The van der Waals surface area contributed by atoms with Crippen molar-refractivity contribution in [1.82, 2.24) is 0 Å². The second kappa shape index (κ2) is 7.30. The number of carboxylic acids is 1. The molecule has 80 valence electrons. The van der Waals surface area contributed by atoms with Gasteiger partial charge in [0, 0.05) is 12.8 Å². The smallest absolute Gasteiger partial charge is 0.303 e. The summed E-state index contributed by atoms with van der Waals surface area (Å²) in [5.74, 6) is -0.585. The molecule has 0 bridgehead atoms. The topological polar surface area (TPSA) is 54.4 Å². The standard InChI is InChI=1S/C11H18O3/c1-3-10(12)9(2)7-5-4-6-8-11(13)14/h7H,3-6,8H2,1-2H3,(H,13,14)/b9-7+. The van der Waals surface area contributed by atoms with E-state index >= 15 is 0 Å². The first-order valence-electron chi connectivity index (χ1n) is 4.99. The van der Waals surface area contributed by atoms with E-state index in [2.05, 4.69) is 0 Å². The molecule has 0 radical (unpaired) electrons. The molecule has 0 aromatic rings. The summed E-state index contributed by atoms with van der Waals surface area (Å²) in [6, 6.07) is 0. The van der Waals surface area contributed by atoms with Crippen molar-refractivity contribution in [2.45, 2.75) is 46.0 Å². The summed E-state index contributed by atoms with van der Waals surface area (Å²) in [6.45, 7) is 3.65. The lowest BCUT2D eigenvalue weighted by Gasteiger charge is -1.97.